The van der Waals surface area contributed by atoms with E-state index >= 15 is 0 Å². The van der Waals surface area contributed by atoms with Crippen LogP contribution in [-0.4, -0.2) is 13.3 Å². The second-order valence-corrected chi connectivity index (χ2v) is 4.89. The summed E-state index contributed by atoms with van der Waals surface area (Å²) in [5, 5.41) is 0. The van der Waals surface area contributed by atoms with Crippen LogP contribution in [0.1, 0.15) is 5.56 Å². The van der Waals surface area contributed by atoms with Crippen LogP contribution in [0.15, 0.2) is 83.9 Å². The van der Waals surface area contributed by atoms with Gasteiger partial charge in [0.05, 0.1) is 12.8 Å². The highest BCUT2D eigenvalue weighted by molar-refractivity contribution is 5.87. The zero-order valence-corrected chi connectivity index (χ0v) is 12.4. The number of para-hydroxylation sites is 2. The normalized spacial score (nSPS) is 10.8. The number of hydrogen-bond donors (Lipinski definition) is 0. The molecule has 0 aromatic heterocycles. The Balaban J connectivity index is 2.02. The maximum atomic E-state index is 5.47. The summed E-state index contributed by atoms with van der Waals surface area (Å²) in [6.07, 6.45) is 1.88. The van der Waals surface area contributed by atoms with Crippen molar-refractivity contribution in [2.45, 2.75) is 0 Å². The lowest BCUT2D eigenvalue weighted by Crippen LogP contribution is -1.88. The fourth-order valence-electron chi connectivity index (χ4n) is 2.36. The van der Waals surface area contributed by atoms with Crippen LogP contribution in [0.4, 0.5) is 5.69 Å². The number of rotatable bonds is 4. The number of aliphatic imine (C=N–C) groups is 1. The molecule has 0 radical (unpaired) electrons. The molecule has 0 N–H and O–H groups in total. The Hall–Kier alpha value is -2.87. The molecule has 2 heteroatoms. The second kappa shape index (κ2) is 6.72. The Morgan fingerprint density at radius 1 is 0.727 bits per heavy atom. The topological polar surface area (TPSA) is 21.6 Å². The van der Waals surface area contributed by atoms with Gasteiger partial charge in [-0.05, 0) is 17.7 Å². The van der Waals surface area contributed by atoms with Gasteiger partial charge in [-0.1, -0.05) is 66.7 Å². The molecule has 0 aliphatic heterocycles. The molecule has 0 aliphatic rings. The zero-order valence-electron chi connectivity index (χ0n) is 12.4. The molecule has 0 bridgehead atoms. The van der Waals surface area contributed by atoms with Crippen molar-refractivity contribution in [1.29, 1.82) is 0 Å². The number of methoxy groups -OCH3 is 1. The SMILES string of the molecule is COc1ccccc1-c1ccccc1N=Cc1ccccc1. The Morgan fingerprint density at radius 3 is 2.14 bits per heavy atom. The summed E-state index contributed by atoms with van der Waals surface area (Å²) in [7, 11) is 1.69. The van der Waals surface area contributed by atoms with E-state index < -0.39 is 0 Å². The minimum atomic E-state index is 0.852. The van der Waals surface area contributed by atoms with Crippen molar-refractivity contribution >= 4 is 11.9 Å². The van der Waals surface area contributed by atoms with Crippen molar-refractivity contribution in [3.63, 3.8) is 0 Å². The fourth-order valence-corrected chi connectivity index (χ4v) is 2.36. The lowest BCUT2D eigenvalue weighted by molar-refractivity contribution is 0.416. The molecular weight excluding hydrogens is 270 g/mol. The lowest BCUT2D eigenvalue weighted by atomic mass is 10.0. The van der Waals surface area contributed by atoms with Crippen LogP contribution in [0.25, 0.3) is 11.1 Å². The Morgan fingerprint density at radius 2 is 1.36 bits per heavy atom. The second-order valence-electron chi connectivity index (χ2n) is 4.89. The summed E-state index contributed by atoms with van der Waals surface area (Å²) < 4.78 is 5.47. The van der Waals surface area contributed by atoms with Gasteiger partial charge in [0.1, 0.15) is 5.75 Å². The van der Waals surface area contributed by atoms with Crippen LogP contribution in [0, 0.1) is 0 Å². The first-order valence-electron chi connectivity index (χ1n) is 7.20. The van der Waals surface area contributed by atoms with E-state index in [1.807, 2.05) is 72.9 Å². The van der Waals surface area contributed by atoms with Gasteiger partial charge in [-0.25, -0.2) is 0 Å². The fraction of sp³-hybridized carbons (Fsp3) is 0.0500. The monoisotopic (exact) mass is 287 g/mol. The molecule has 0 saturated heterocycles. The van der Waals surface area contributed by atoms with Crippen LogP contribution in [0.2, 0.25) is 0 Å². The average Bonchev–Trinajstić information content (AvgIpc) is 2.61. The number of hydrogen-bond acceptors (Lipinski definition) is 2. The summed E-state index contributed by atoms with van der Waals surface area (Å²) >= 11 is 0. The van der Waals surface area contributed by atoms with Crippen LogP contribution >= 0.6 is 0 Å². The molecule has 0 atom stereocenters. The maximum Gasteiger partial charge on any atom is 0.126 e. The molecule has 0 amide bonds. The Kier molecular flexibility index (Phi) is 4.30. The summed E-state index contributed by atoms with van der Waals surface area (Å²) in [6.45, 7) is 0. The van der Waals surface area contributed by atoms with Crippen LogP contribution in [-0.2, 0) is 0 Å². The molecule has 0 saturated carbocycles. The highest BCUT2D eigenvalue weighted by atomic mass is 16.5. The molecule has 22 heavy (non-hydrogen) atoms. The van der Waals surface area contributed by atoms with E-state index in [0.717, 1.165) is 28.1 Å². The Labute approximate surface area is 130 Å². The molecule has 0 heterocycles. The molecular formula is C20H17NO. The Bertz CT molecular complexity index is 778. The molecule has 3 aromatic rings. The molecule has 3 aromatic carbocycles. The third-order valence-electron chi connectivity index (χ3n) is 3.45. The third kappa shape index (κ3) is 3.07. The minimum Gasteiger partial charge on any atom is -0.496 e. The number of nitrogens with zero attached hydrogens (tertiary/aromatic N) is 1. The van der Waals surface area contributed by atoms with Crippen molar-refractivity contribution < 1.29 is 4.74 Å². The average molecular weight is 287 g/mol. The van der Waals surface area contributed by atoms with Gasteiger partial charge >= 0.3 is 0 Å². The smallest absolute Gasteiger partial charge is 0.126 e. The summed E-state index contributed by atoms with van der Waals surface area (Å²) in [5.41, 5.74) is 4.12. The first-order valence-corrected chi connectivity index (χ1v) is 7.20. The van der Waals surface area contributed by atoms with E-state index in [4.69, 9.17) is 4.74 Å². The van der Waals surface area contributed by atoms with Crippen molar-refractivity contribution in [3.8, 4) is 16.9 Å². The van der Waals surface area contributed by atoms with Crippen LogP contribution < -0.4 is 4.74 Å². The predicted octanol–water partition coefficient (Wildman–Crippen LogP) is 5.11. The zero-order chi connectivity index (χ0) is 15.2. The standard InChI is InChI=1S/C20H17NO/c1-22-20-14-8-6-12-18(20)17-11-5-7-13-19(17)21-15-16-9-3-2-4-10-16/h2-15H,1H3. The van der Waals surface area contributed by atoms with Gasteiger partial charge in [-0.2, -0.15) is 0 Å². The summed E-state index contributed by atoms with van der Waals surface area (Å²) in [4.78, 5) is 4.65. The number of benzene rings is 3. The first-order chi connectivity index (χ1) is 10.9. The molecule has 2 nitrogen and oxygen atoms in total. The third-order valence-corrected chi connectivity index (χ3v) is 3.45. The van der Waals surface area contributed by atoms with Gasteiger partial charge in [0.15, 0.2) is 0 Å². The first kappa shape index (κ1) is 14.1. The van der Waals surface area contributed by atoms with Crippen molar-refractivity contribution in [2.24, 2.45) is 4.99 Å². The van der Waals surface area contributed by atoms with E-state index in [0.29, 0.717) is 0 Å². The maximum absolute atomic E-state index is 5.47. The highest BCUT2D eigenvalue weighted by Gasteiger charge is 2.08. The molecule has 108 valence electrons. The number of ether oxygens (including phenoxy) is 1. The largest absolute Gasteiger partial charge is 0.496 e. The molecule has 0 aliphatic carbocycles. The molecule has 0 fully saturated rings. The van der Waals surface area contributed by atoms with Gasteiger partial charge < -0.3 is 4.74 Å². The van der Waals surface area contributed by atoms with Gasteiger partial charge in [-0.3, -0.25) is 4.99 Å². The van der Waals surface area contributed by atoms with Gasteiger partial charge in [-0.15, -0.1) is 0 Å². The van der Waals surface area contributed by atoms with E-state index in [9.17, 15) is 0 Å². The predicted molar refractivity (Wildman–Crippen MR) is 92.1 cm³/mol. The van der Waals surface area contributed by atoms with Crippen molar-refractivity contribution in [3.05, 3.63) is 84.4 Å². The van der Waals surface area contributed by atoms with E-state index in [1.165, 1.54) is 0 Å². The summed E-state index contributed by atoms with van der Waals surface area (Å²) in [5.74, 6) is 0.852. The van der Waals surface area contributed by atoms with Crippen molar-refractivity contribution in [2.75, 3.05) is 7.11 Å². The van der Waals surface area contributed by atoms with E-state index in [-0.39, 0.29) is 0 Å². The summed E-state index contributed by atoms with van der Waals surface area (Å²) in [6, 6.07) is 26.2. The molecule has 0 spiro atoms. The van der Waals surface area contributed by atoms with Crippen molar-refractivity contribution in [1.82, 2.24) is 0 Å². The van der Waals surface area contributed by atoms with E-state index in [2.05, 4.69) is 17.1 Å². The minimum absolute atomic E-state index is 0.852. The molecule has 0 unspecified atom stereocenters. The van der Waals surface area contributed by atoms with Gasteiger partial charge in [0, 0.05) is 17.3 Å². The van der Waals surface area contributed by atoms with Gasteiger partial charge in [0.2, 0.25) is 0 Å². The van der Waals surface area contributed by atoms with Crippen LogP contribution in [0.5, 0.6) is 5.75 Å². The quantitative estimate of drug-likeness (QED) is 0.611. The molecule has 3 rings (SSSR count). The highest BCUT2D eigenvalue weighted by Crippen LogP contribution is 2.35. The van der Waals surface area contributed by atoms with Crippen LogP contribution in [0.3, 0.4) is 0 Å². The lowest BCUT2D eigenvalue weighted by Gasteiger charge is -2.10. The van der Waals surface area contributed by atoms with E-state index in [1.54, 1.807) is 7.11 Å². The van der Waals surface area contributed by atoms with Gasteiger partial charge in [0.25, 0.3) is 0 Å².